The van der Waals surface area contributed by atoms with Gasteiger partial charge in [-0.25, -0.2) is 4.98 Å². The fourth-order valence-corrected chi connectivity index (χ4v) is 1.82. The molecule has 18 heavy (non-hydrogen) atoms. The van der Waals surface area contributed by atoms with Crippen molar-refractivity contribution in [2.24, 2.45) is 5.73 Å². The van der Waals surface area contributed by atoms with E-state index in [0.717, 1.165) is 12.3 Å². The van der Waals surface area contributed by atoms with E-state index in [1.165, 1.54) is 0 Å². The number of pyridine rings is 1. The minimum atomic E-state index is -4.44. The maximum Gasteiger partial charge on any atom is 0.417 e. The van der Waals surface area contributed by atoms with Crippen LogP contribution in [0.15, 0.2) is 12.3 Å². The highest BCUT2D eigenvalue weighted by Crippen LogP contribution is 2.33. The Kier molecular flexibility index (Phi) is 4.81. The lowest BCUT2D eigenvalue weighted by molar-refractivity contribution is -0.137. The van der Waals surface area contributed by atoms with Crippen LogP contribution in [-0.4, -0.2) is 24.1 Å². The maximum atomic E-state index is 12.5. The van der Waals surface area contributed by atoms with Crippen molar-refractivity contribution in [3.63, 3.8) is 0 Å². The Balaban J connectivity index is 3.11. The van der Waals surface area contributed by atoms with Crippen LogP contribution in [0.3, 0.4) is 0 Å². The van der Waals surface area contributed by atoms with Gasteiger partial charge in [0.2, 0.25) is 0 Å². The van der Waals surface area contributed by atoms with Crippen molar-refractivity contribution in [2.75, 3.05) is 18.0 Å². The van der Waals surface area contributed by atoms with Crippen molar-refractivity contribution in [1.82, 2.24) is 4.98 Å². The molecule has 0 unspecified atom stereocenters. The molecule has 1 aromatic heterocycles. The zero-order valence-electron chi connectivity index (χ0n) is 10.1. The number of halogens is 4. The lowest BCUT2D eigenvalue weighted by Gasteiger charge is -2.28. The van der Waals surface area contributed by atoms with Gasteiger partial charge in [0.1, 0.15) is 5.82 Å². The topological polar surface area (TPSA) is 42.1 Å². The molecular formula is C11H15ClF3N3. The van der Waals surface area contributed by atoms with Gasteiger partial charge in [-0.1, -0.05) is 11.6 Å². The summed E-state index contributed by atoms with van der Waals surface area (Å²) in [6, 6.07) is 0.936. The summed E-state index contributed by atoms with van der Waals surface area (Å²) < 4.78 is 37.4. The Morgan fingerprint density at radius 2 is 2.06 bits per heavy atom. The quantitative estimate of drug-likeness (QED) is 0.923. The molecule has 1 rings (SSSR count). The van der Waals surface area contributed by atoms with E-state index in [2.05, 4.69) is 4.98 Å². The highest BCUT2D eigenvalue weighted by molar-refractivity contribution is 6.33. The Morgan fingerprint density at radius 1 is 1.44 bits per heavy atom. The molecule has 2 N–H and O–H groups in total. The SMILES string of the molecule is CC(C)N(CCN)c1ncc(C(F)(F)F)cc1Cl. The second kappa shape index (κ2) is 5.75. The largest absolute Gasteiger partial charge is 0.417 e. The average Bonchev–Trinajstić information content (AvgIpc) is 2.24. The van der Waals surface area contributed by atoms with E-state index in [1.807, 2.05) is 13.8 Å². The number of rotatable bonds is 4. The number of alkyl halides is 3. The molecule has 0 radical (unpaired) electrons. The molecule has 0 bridgehead atoms. The number of nitrogens with zero attached hydrogens (tertiary/aromatic N) is 2. The highest BCUT2D eigenvalue weighted by atomic mass is 35.5. The molecule has 0 aliphatic carbocycles. The fourth-order valence-electron chi connectivity index (χ4n) is 1.54. The second-order valence-electron chi connectivity index (χ2n) is 4.10. The predicted molar refractivity (Wildman–Crippen MR) is 65.8 cm³/mol. The van der Waals surface area contributed by atoms with Crippen LogP contribution < -0.4 is 10.6 Å². The fraction of sp³-hybridized carbons (Fsp3) is 0.545. The standard InChI is InChI=1S/C11H15ClF3N3/c1-7(2)18(4-3-16)10-9(12)5-8(6-17-10)11(13,14)15/h5-7H,3-4,16H2,1-2H3. The minimum absolute atomic E-state index is 0.0213. The van der Waals surface area contributed by atoms with E-state index in [-0.39, 0.29) is 11.1 Å². The van der Waals surface area contributed by atoms with E-state index in [9.17, 15) is 13.2 Å². The van der Waals surface area contributed by atoms with Crippen molar-refractivity contribution in [3.8, 4) is 0 Å². The number of nitrogens with two attached hydrogens (primary N) is 1. The number of hydrogen-bond donors (Lipinski definition) is 1. The second-order valence-corrected chi connectivity index (χ2v) is 4.51. The first kappa shape index (κ1) is 15.0. The number of hydrogen-bond acceptors (Lipinski definition) is 3. The molecule has 0 saturated heterocycles. The van der Waals surface area contributed by atoms with E-state index in [0.29, 0.717) is 18.9 Å². The van der Waals surface area contributed by atoms with Crippen molar-refractivity contribution in [2.45, 2.75) is 26.1 Å². The van der Waals surface area contributed by atoms with Crippen LogP contribution in [0.1, 0.15) is 19.4 Å². The van der Waals surface area contributed by atoms with Gasteiger partial charge in [0.15, 0.2) is 0 Å². The van der Waals surface area contributed by atoms with Crippen LogP contribution in [0.4, 0.5) is 19.0 Å². The molecule has 3 nitrogen and oxygen atoms in total. The molecule has 7 heteroatoms. The molecule has 0 aromatic carbocycles. The van der Waals surface area contributed by atoms with Gasteiger partial charge in [0.25, 0.3) is 0 Å². The summed E-state index contributed by atoms with van der Waals surface area (Å²) in [6.45, 7) is 4.64. The van der Waals surface area contributed by atoms with Gasteiger partial charge in [-0.05, 0) is 19.9 Å². The van der Waals surface area contributed by atoms with E-state index in [1.54, 1.807) is 4.90 Å². The van der Waals surface area contributed by atoms with Crippen LogP contribution in [0, 0.1) is 0 Å². The first-order valence-electron chi connectivity index (χ1n) is 5.46. The van der Waals surface area contributed by atoms with Crippen molar-refractivity contribution in [1.29, 1.82) is 0 Å². The Morgan fingerprint density at radius 3 is 2.44 bits per heavy atom. The molecule has 0 spiro atoms. The van der Waals surface area contributed by atoms with Crippen molar-refractivity contribution < 1.29 is 13.2 Å². The number of aromatic nitrogens is 1. The molecule has 102 valence electrons. The van der Waals surface area contributed by atoms with E-state index in [4.69, 9.17) is 17.3 Å². The molecule has 1 heterocycles. The average molecular weight is 282 g/mol. The number of anilines is 1. The molecule has 0 aliphatic heterocycles. The summed E-state index contributed by atoms with van der Waals surface area (Å²) in [6.07, 6.45) is -3.65. The summed E-state index contributed by atoms with van der Waals surface area (Å²) in [5.74, 6) is 0.324. The van der Waals surface area contributed by atoms with Crippen LogP contribution >= 0.6 is 11.6 Å². The predicted octanol–water partition coefficient (Wildman–Crippen LogP) is 2.93. The van der Waals surface area contributed by atoms with Gasteiger partial charge < -0.3 is 10.6 Å². The summed E-state index contributed by atoms with van der Waals surface area (Å²) in [7, 11) is 0. The maximum absolute atomic E-state index is 12.5. The summed E-state index contributed by atoms with van der Waals surface area (Å²) >= 11 is 5.87. The zero-order valence-corrected chi connectivity index (χ0v) is 10.9. The lowest BCUT2D eigenvalue weighted by Crippen LogP contribution is -2.36. The first-order chi connectivity index (χ1) is 8.27. The molecule has 0 atom stereocenters. The summed E-state index contributed by atoms with van der Waals surface area (Å²) in [5, 5.41) is -0.0213. The first-order valence-corrected chi connectivity index (χ1v) is 5.84. The normalized spacial score (nSPS) is 12.0. The third kappa shape index (κ3) is 3.49. The molecule has 1 aromatic rings. The van der Waals surface area contributed by atoms with Crippen molar-refractivity contribution in [3.05, 3.63) is 22.8 Å². The van der Waals surface area contributed by atoms with Gasteiger partial charge in [-0.15, -0.1) is 0 Å². The zero-order chi connectivity index (χ0) is 13.9. The van der Waals surface area contributed by atoms with Gasteiger partial charge in [0.05, 0.1) is 10.6 Å². The van der Waals surface area contributed by atoms with Crippen LogP contribution in [0.2, 0.25) is 5.02 Å². The van der Waals surface area contributed by atoms with E-state index < -0.39 is 11.7 Å². The third-order valence-corrected chi connectivity index (χ3v) is 2.69. The molecule has 0 aliphatic rings. The van der Waals surface area contributed by atoms with Gasteiger partial charge in [-0.3, -0.25) is 0 Å². The highest BCUT2D eigenvalue weighted by Gasteiger charge is 2.32. The molecular weight excluding hydrogens is 267 g/mol. The van der Waals surface area contributed by atoms with Gasteiger partial charge >= 0.3 is 6.18 Å². The minimum Gasteiger partial charge on any atom is -0.352 e. The molecule has 0 amide bonds. The van der Waals surface area contributed by atoms with Crippen LogP contribution in [-0.2, 0) is 6.18 Å². The van der Waals surface area contributed by atoms with Crippen molar-refractivity contribution >= 4 is 17.4 Å². The summed E-state index contributed by atoms with van der Waals surface area (Å²) in [5.41, 5.74) is 4.61. The van der Waals surface area contributed by atoms with Crippen LogP contribution in [0.5, 0.6) is 0 Å². The van der Waals surface area contributed by atoms with Gasteiger partial charge in [0, 0.05) is 25.3 Å². The monoisotopic (exact) mass is 281 g/mol. The Bertz CT molecular complexity index is 407. The Hall–Kier alpha value is -1.01. The van der Waals surface area contributed by atoms with Crippen LogP contribution in [0.25, 0.3) is 0 Å². The van der Waals surface area contributed by atoms with Gasteiger partial charge in [-0.2, -0.15) is 13.2 Å². The molecule has 0 fully saturated rings. The third-order valence-electron chi connectivity index (χ3n) is 2.41. The summed E-state index contributed by atoms with van der Waals surface area (Å²) in [4.78, 5) is 5.57. The lowest BCUT2D eigenvalue weighted by atomic mass is 10.2. The van der Waals surface area contributed by atoms with E-state index >= 15 is 0 Å². The smallest absolute Gasteiger partial charge is 0.352 e. The Labute approximate surface area is 109 Å². The molecule has 0 saturated carbocycles.